The normalized spacial score (nSPS) is 26.3. The molecule has 1 aromatic carbocycles. The number of aliphatic hydroxyl groups is 1. The first-order valence-electron chi connectivity index (χ1n) is 10.1. The molecular formula is C21H29N3O8. The van der Waals surface area contributed by atoms with E-state index in [2.05, 4.69) is 10.5 Å². The van der Waals surface area contributed by atoms with Crippen LogP contribution in [0.3, 0.4) is 0 Å². The van der Waals surface area contributed by atoms with Gasteiger partial charge < -0.3 is 30.2 Å². The number of hydrazone groups is 1. The van der Waals surface area contributed by atoms with Crippen molar-refractivity contribution >= 4 is 23.7 Å². The van der Waals surface area contributed by atoms with Crippen LogP contribution in [-0.4, -0.2) is 59.8 Å². The van der Waals surface area contributed by atoms with Gasteiger partial charge in [-0.2, -0.15) is 5.10 Å². The van der Waals surface area contributed by atoms with Crippen molar-refractivity contribution in [3.05, 3.63) is 23.8 Å². The van der Waals surface area contributed by atoms with Gasteiger partial charge in [-0.1, -0.05) is 6.07 Å². The molecule has 0 bridgehead atoms. The predicted octanol–water partition coefficient (Wildman–Crippen LogP) is 1.02. The Morgan fingerprint density at radius 1 is 1.22 bits per heavy atom. The van der Waals surface area contributed by atoms with Gasteiger partial charge in [0.05, 0.1) is 37.6 Å². The quantitative estimate of drug-likeness (QED) is 0.352. The van der Waals surface area contributed by atoms with E-state index in [1.807, 2.05) is 0 Å². The zero-order chi connectivity index (χ0) is 24.1. The molecule has 4 unspecified atom stereocenters. The highest BCUT2D eigenvalue weighted by atomic mass is 16.5. The fraction of sp³-hybridized carbons (Fsp3) is 0.524. The van der Waals surface area contributed by atoms with E-state index in [0.717, 1.165) is 0 Å². The summed E-state index contributed by atoms with van der Waals surface area (Å²) >= 11 is 0. The molecule has 1 aliphatic rings. The first-order chi connectivity index (χ1) is 15.1. The van der Waals surface area contributed by atoms with Crippen LogP contribution < -0.4 is 15.9 Å². The predicted molar refractivity (Wildman–Crippen MR) is 113 cm³/mol. The van der Waals surface area contributed by atoms with Gasteiger partial charge in [0.15, 0.2) is 11.5 Å². The van der Waals surface area contributed by atoms with Crippen molar-refractivity contribution in [2.24, 2.45) is 22.7 Å². The van der Waals surface area contributed by atoms with E-state index in [4.69, 9.17) is 19.9 Å². The van der Waals surface area contributed by atoms with Crippen molar-refractivity contribution < 1.29 is 38.8 Å². The molecule has 0 heterocycles. The minimum atomic E-state index is -1.71. The number of phenolic OH excluding ortho intramolecular Hbond substituents is 1. The van der Waals surface area contributed by atoms with Crippen LogP contribution in [-0.2, 0) is 19.1 Å². The van der Waals surface area contributed by atoms with E-state index in [9.17, 15) is 24.6 Å². The van der Waals surface area contributed by atoms with Gasteiger partial charge in [0.25, 0.3) is 0 Å². The number of amides is 2. The number of benzene rings is 1. The third-order valence-corrected chi connectivity index (χ3v) is 5.27. The first kappa shape index (κ1) is 24.9. The number of carbonyl (C=O) groups is 3. The number of ether oxygens (including phenoxy) is 3. The van der Waals surface area contributed by atoms with E-state index >= 15 is 0 Å². The number of urea groups is 1. The number of rotatable bonds is 7. The van der Waals surface area contributed by atoms with Crippen LogP contribution in [0.4, 0.5) is 4.79 Å². The molecule has 1 fully saturated rings. The highest BCUT2D eigenvalue weighted by Crippen LogP contribution is 2.48. The number of nitrogens with two attached hydrogens (primary N) is 1. The van der Waals surface area contributed by atoms with Crippen LogP contribution in [0.2, 0.25) is 0 Å². The number of carbonyl (C=O) groups excluding carboxylic acids is 3. The Hall–Kier alpha value is -3.34. The Kier molecular flexibility index (Phi) is 8.03. The van der Waals surface area contributed by atoms with Crippen LogP contribution in [0.15, 0.2) is 23.3 Å². The number of hydrogen-bond donors (Lipinski definition) is 4. The van der Waals surface area contributed by atoms with E-state index in [1.165, 1.54) is 32.2 Å². The van der Waals surface area contributed by atoms with Crippen molar-refractivity contribution in [1.29, 1.82) is 0 Å². The summed E-state index contributed by atoms with van der Waals surface area (Å²) in [6.07, 6.45) is -0.230. The number of nitrogens with one attached hydrogen (secondary N) is 1. The molecule has 11 nitrogen and oxygen atoms in total. The molecule has 0 spiro atoms. The van der Waals surface area contributed by atoms with Gasteiger partial charge in [-0.15, -0.1) is 0 Å². The van der Waals surface area contributed by atoms with Crippen LogP contribution >= 0.6 is 0 Å². The van der Waals surface area contributed by atoms with Crippen molar-refractivity contribution in [3.8, 4) is 11.5 Å². The highest BCUT2D eigenvalue weighted by molar-refractivity contribution is 6.06. The number of nitrogens with zero attached hydrogens (tertiary/aromatic N) is 1. The molecule has 1 aliphatic carbocycles. The smallest absolute Gasteiger partial charge is 0.332 e. The number of methoxy groups -OCH3 is 1. The second-order valence-corrected chi connectivity index (χ2v) is 7.53. The summed E-state index contributed by atoms with van der Waals surface area (Å²) in [7, 11) is 1.35. The van der Waals surface area contributed by atoms with Crippen LogP contribution in [0.1, 0.15) is 38.7 Å². The molecule has 4 atom stereocenters. The van der Waals surface area contributed by atoms with Crippen LogP contribution in [0, 0.1) is 11.8 Å². The standard InChI is InChI=1S/C21H29N3O8/c1-5-31-18(26)16-12(23-24-20(22)28)10-21(3,29)17(19(27)32-6-2)15(16)11-7-8-13(25)14(9-11)30-4/h7-9,15-17,25,29H,5-6,10H2,1-4H3,(H3,22,24,28). The Labute approximate surface area is 185 Å². The molecule has 5 N–H and O–H groups in total. The first-order valence-corrected chi connectivity index (χ1v) is 10.1. The van der Waals surface area contributed by atoms with E-state index in [1.54, 1.807) is 13.8 Å². The van der Waals surface area contributed by atoms with E-state index in [0.29, 0.717) is 5.56 Å². The van der Waals surface area contributed by atoms with Crippen molar-refractivity contribution in [2.45, 2.75) is 38.7 Å². The average molecular weight is 451 g/mol. The number of primary amides is 1. The van der Waals surface area contributed by atoms with Crippen molar-refractivity contribution in [3.63, 3.8) is 0 Å². The lowest BCUT2D eigenvalue weighted by Crippen LogP contribution is -2.55. The Morgan fingerprint density at radius 2 is 1.84 bits per heavy atom. The van der Waals surface area contributed by atoms with Gasteiger partial charge in [-0.05, 0) is 38.5 Å². The van der Waals surface area contributed by atoms with E-state index in [-0.39, 0.29) is 36.8 Å². The minimum Gasteiger partial charge on any atom is -0.504 e. The third kappa shape index (κ3) is 5.28. The SMILES string of the molecule is CCOC(=O)C1C(=NNC(N)=O)CC(C)(O)C(C(=O)OCC)C1c1ccc(O)c(OC)c1. The van der Waals surface area contributed by atoms with Gasteiger partial charge >= 0.3 is 18.0 Å². The topological polar surface area (TPSA) is 170 Å². The second kappa shape index (κ2) is 10.3. The monoisotopic (exact) mass is 451 g/mol. The molecule has 176 valence electrons. The van der Waals surface area contributed by atoms with Crippen LogP contribution in [0.5, 0.6) is 11.5 Å². The summed E-state index contributed by atoms with van der Waals surface area (Å²) in [5, 5.41) is 25.2. The summed E-state index contributed by atoms with van der Waals surface area (Å²) in [4.78, 5) is 37.2. The Morgan fingerprint density at radius 3 is 2.41 bits per heavy atom. The van der Waals surface area contributed by atoms with E-state index < -0.39 is 41.3 Å². The molecule has 0 aliphatic heterocycles. The minimum absolute atomic E-state index is 0.0535. The summed E-state index contributed by atoms with van der Waals surface area (Å²) < 4.78 is 15.6. The maximum atomic E-state index is 13.0. The summed E-state index contributed by atoms with van der Waals surface area (Å²) in [6.45, 7) is 4.78. The maximum absolute atomic E-state index is 13.0. The highest BCUT2D eigenvalue weighted by Gasteiger charge is 2.56. The Balaban J connectivity index is 2.77. The van der Waals surface area contributed by atoms with Gasteiger partial charge in [0, 0.05) is 12.3 Å². The Bertz CT molecular complexity index is 899. The maximum Gasteiger partial charge on any atom is 0.332 e. The molecule has 0 saturated heterocycles. The van der Waals surface area contributed by atoms with Gasteiger partial charge in [-0.25, -0.2) is 10.2 Å². The molecule has 0 aromatic heterocycles. The summed E-state index contributed by atoms with van der Waals surface area (Å²) in [5.41, 5.74) is 5.96. The van der Waals surface area contributed by atoms with Gasteiger partial charge in [-0.3, -0.25) is 9.59 Å². The lowest BCUT2D eigenvalue weighted by Gasteiger charge is -2.45. The average Bonchev–Trinajstić information content (AvgIpc) is 2.71. The van der Waals surface area contributed by atoms with Crippen LogP contribution in [0.25, 0.3) is 0 Å². The zero-order valence-corrected chi connectivity index (χ0v) is 18.5. The zero-order valence-electron chi connectivity index (χ0n) is 18.5. The molecule has 2 rings (SSSR count). The molecule has 0 radical (unpaired) electrons. The fourth-order valence-electron chi connectivity index (χ4n) is 4.04. The summed E-state index contributed by atoms with van der Waals surface area (Å²) in [6, 6.07) is 3.34. The summed E-state index contributed by atoms with van der Waals surface area (Å²) in [5.74, 6) is -4.84. The van der Waals surface area contributed by atoms with Gasteiger partial charge in [0.2, 0.25) is 0 Å². The largest absolute Gasteiger partial charge is 0.504 e. The fourth-order valence-corrected chi connectivity index (χ4v) is 4.04. The molecular weight excluding hydrogens is 422 g/mol. The molecule has 32 heavy (non-hydrogen) atoms. The number of phenols is 1. The van der Waals surface area contributed by atoms with Gasteiger partial charge in [0.1, 0.15) is 5.92 Å². The van der Waals surface area contributed by atoms with Crippen molar-refractivity contribution in [2.75, 3.05) is 20.3 Å². The van der Waals surface area contributed by atoms with Crippen molar-refractivity contribution in [1.82, 2.24) is 5.43 Å². The molecule has 2 amide bonds. The second-order valence-electron chi connectivity index (χ2n) is 7.53. The molecule has 1 aromatic rings. The number of aromatic hydroxyl groups is 1. The third-order valence-electron chi connectivity index (χ3n) is 5.27. The lowest BCUT2D eigenvalue weighted by atomic mass is 9.61. The molecule has 11 heteroatoms. The lowest BCUT2D eigenvalue weighted by molar-refractivity contribution is -0.163. The number of esters is 2. The molecule has 1 saturated carbocycles. The number of hydrogen-bond acceptors (Lipinski definition) is 9.